The summed E-state index contributed by atoms with van der Waals surface area (Å²) in [5, 5.41) is 3.22. The van der Waals surface area contributed by atoms with E-state index in [9.17, 15) is 8.42 Å². The van der Waals surface area contributed by atoms with E-state index in [1.54, 1.807) is 0 Å². The fraction of sp³-hybridized carbons (Fsp3) is 0.500. The molecule has 1 heterocycles. The van der Waals surface area contributed by atoms with Gasteiger partial charge in [-0.3, -0.25) is 0 Å². The summed E-state index contributed by atoms with van der Waals surface area (Å²) in [7, 11) is -1.73. The van der Waals surface area contributed by atoms with Crippen molar-refractivity contribution in [2.45, 2.75) is 12.6 Å². The highest BCUT2D eigenvalue weighted by Crippen LogP contribution is 2.23. The summed E-state index contributed by atoms with van der Waals surface area (Å²) in [5.74, 6) is 0.0716. The first-order chi connectivity index (χ1) is 8.62. The van der Waals surface area contributed by atoms with Gasteiger partial charge in [-0.1, -0.05) is 24.3 Å². The van der Waals surface area contributed by atoms with Gasteiger partial charge in [-0.05, 0) is 18.2 Å². The molecular formula is C12H18N2O3S. The molecule has 1 unspecified atom stereocenters. The van der Waals surface area contributed by atoms with E-state index in [-0.39, 0.29) is 11.8 Å². The highest BCUT2D eigenvalue weighted by Gasteiger charge is 2.20. The molecule has 6 heteroatoms. The second-order valence-corrected chi connectivity index (χ2v) is 6.29. The van der Waals surface area contributed by atoms with Crippen LogP contribution in [0.5, 0.6) is 0 Å². The maximum Gasteiger partial charge on any atom is 0.212 e. The van der Waals surface area contributed by atoms with Crippen molar-refractivity contribution in [3.8, 4) is 0 Å². The predicted molar refractivity (Wildman–Crippen MR) is 69.7 cm³/mol. The molecule has 0 saturated carbocycles. The minimum Gasteiger partial charge on any atom is -0.375 e. The third-order valence-electron chi connectivity index (χ3n) is 3.05. The second kappa shape index (κ2) is 5.79. The van der Waals surface area contributed by atoms with Gasteiger partial charge in [0.05, 0.1) is 25.0 Å². The van der Waals surface area contributed by atoms with Crippen molar-refractivity contribution in [2.75, 3.05) is 26.0 Å². The molecular weight excluding hydrogens is 252 g/mol. The lowest BCUT2D eigenvalue weighted by Crippen LogP contribution is -2.35. The first-order valence-corrected chi connectivity index (χ1v) is 7.58. The van der Waals surface area contributed by atoms with Crippen LogP contribution in [0.1, 0.15) is 17.2 Å². The molecule has 1 aliphatic heterocycles. The van der Waals surface area contributed by atoms with Crippen LogP contribution in [0.25, 0.3) is 0 Å². The van der Waals surface area contributed by atoms with Crippen molar-refractivity contribution < 1.29 is 13.2 Å². The Morgan fingerprint density at radius 3 is 2.94 bits per heavy atom. The van der Waals surface area contributed by atoms with Crippen molar-refractivity contribution in [1.29, 1.82) is 0 Å². The van der Waals surface area contributed by atoms with Crippen LogP contribution in [-0.2, 0) is 21.4 Å². The molecule has 1 aromatic carbocycles. The third kappa shape index (κ3) is 3.29. The summed E-state index contributed by atoms with van der Waals surface area (Å²) >= 11 is 0. The molecule has 0 amide bonds. The lowest BCUT2D eigenvalue weighted by Gasteiger charge is -2.26. The minimum absolute atomic E-state index is 0.0713. The third-order valence-corrected chi connectivity index (χ3v) is 4.41. The highest BCUT2D eigenvalue weighted by atomic mass is 32.2. The van der Waals surface area contributed by atoms with Gasteiger partial charge in [0.25, 0.3) is 0 Å². The average molecular weight is 270 g/mol. The van der Waals surface area contributed by atoms with E-state index in [2.05, 4.69) is 16.1 Å². The molecule has 5 nitrogen and oxygen atoms in total. The quantitative estimate of drug-likeness (QED) is 0.812. The summed E-state index contributed by atoms with van der Waals surface area (Å²) in [6.45, 7) is 1.62. The zero-order valence-corrected chi connectivity index (χ0v) is 11.2. The molecule has 0 spiro atoms. The first kappa shape index (κ1) is 13.5. The van der Waals surface area contributed by atoms with E-state index >= 15 is 0 Å². The number of sulfonamides is 1. The topological polar surface area (TPSA) is 67.4 Å². The number of hydrogen-bond donors (Lipinski definition) is 2. The lowest BCUT2D eigenvalue weighted by atomic mass is 9.99. The van der Waals surface area contributed by atoms with Crippen LogP contribution < -0.4 is 10.0 Å². The number of ether oxygens (including phenoxy) is 1. The van der Waals surface area contributed by atoms with Crippen molar-refractivity contribution in [2.24, 2.45) is 0 Å². The summed E-state index contributed by atoms with van der Waals surface area (Å²) < 4.78 is 30.4. The van der Waals surface area contributed by atoms with Gasteiger partial charge in [-0.2, -0.15) is 0 Å². The van der Waals surface area contributed by atoms with E-state index in [1.807, 2.05) is 18.2 Å². The molecule has 100 valence electrons. The molecule has 2 N–H and O–H groups in total. The van der Waals surface area contributed by atoms with Crippen LogP contribution in [0.3, 0.4) is 0 Å². The molecule has 1 atom stereocenters. The SMILES string of the molecule is CNS(=O)(=O)CCNC1COCc2ccccc21. The Kier molecular flexibility index (Phi) is 4.34. The van der Waals surface area contributed by atoms with Gasteiger partial charge >= 0.3 is 0 Å². The second-order valence-electron chi connectivity index (χ2n) is 4.24. The number of nitrogens with one attached hydrogen (secondary N) is 2. The smallest absolute Gasteiger partial charge is 0.212 e. The standard InChI is InChI=1S/C12H18N2O3S/c1-13-18(15,16)7-6-14-12-9-17-8-10-4-2-3-5-11(10)12/h2-5,12-14H,6-9H2,1H3. The van der Waals surface area contributed by atoms with Crippen LogP contribution in [0.2, 0.25) is 0 Å². The van der Waals surface area contributed by atoms with Crippen molar-refractivity contribution in [3.63, 3.8) is 0 Å². The zero-order chi connectivity index (χ0) is 13.0. The lowest BCUT2D eigenvalue weighted by molar-refractivity contribution is 0.0828. The summed E-state index contributed by atoms with van der Waals surface area (Å²) in [6, 6.07) is 8.14. The Morgan fingerprint density at radius 1 is 1.39 bits per heavy atom. The summed E-state index contributed by atoms with van der Waals surface area (Å²) in [4.78, 5) is 0. The number of rotatable bonds is 5. The Balaban J connectivity index is 1.96. The zero-order valence-electron chi connectivity index (χ0n) is 10.3. The number of hydrogen-bond acceptors (Lipinski definition) is 4. The largest absolute Gasteiger partial charge is 0.375 e. The normalized spacial score (nSPS) is 19.5. The molecule has 1 aromatic rings. The molecule has 1 aliphatic rings. The van der Waals surface area contributed by atoms with Gasteiger partial charge in [0.2, 0.25) is 10.0 Å². The van der Waals surface area contributed by atoms with Gasteiger partial charge in [-0.25, -0.2) is 13.1 Å². The number of benzene rings is 1. The van der Waals surface area contributed by atoms with Crippen LogP contribution in [0.15, 0.2) is 24.3 Å². The van der Waals surface area contributed by atoms with E-state index in [0.29, 0.717) is 19.8 Å². The van der Waals surface area contributed by atoms with Crippen molar-refractivity contribution >= 4 is 10.0 Å². The minimum atomic E-state index is -3.15. The summed E-state index contributed by atoms with van der Waals surface area (Å²) in [6.07, 6.45) is 0. The van der Waals surface area contributed by atoms with E-state index in [1.165, 1.54) is 12.6 Å². The Bertz CT molecular complexity index is 502. The monoisotopic (exact) mass is 270 g/mol. The van der Waals surface area contributed by atoms with Crippen molar-refractivity contribution in [3.05, 3.63) is 35.4 Å². The van der Waals surface area contributed by atoms with E-state index in [4.69, 9.17) is 4.74 Å². The van der Waals surface area contributed by atoms with Crippen LogP contribution in [0.4, 0.5) is 0 Å². The van der Waals surface area contributed by atoms with Crippen molar-refractivity contribution in [1.82, 2.24) is 10.0 Å². The van der Waals surface area contributed by atoms with Gasteiger partial charge in [-0.15, -0.1) is 0 Å². The van der Waals surface area contributed by atoms with Gasteiger partial charge < -0.3 is 10.1 Å². The van der Waals surface area contributed by atoms with Gasteiger partial charge in [0, 0.05) is 6.54 Å². The predicted octanol–water partition coefficient (Wildman–Crippen LogP) is 0.397. The Labute approximate surface area is 108 Å². The average Bonchev–Trinajstić information content (AvgIpc) is 2.39. The number of fused-ring (bicyclic) bond motifs is 1. The van der Waals surface area contributed by atoms with Crippen LogP contribution in [-0.4, -0.2) is 34.4 Å². The highest BCUT2D eigenvalue weighted by molar-refractivity contribution is 7.89. The molecule has 2 rings (SSSR count). The van der Waals surface area contributed by atoms with Crippen LogP contribution in [0, 0.1) is 0 Å². The van der Waals surface area contributed by atoms with E-state index < -0.39 is 10.0 Å². The van der Waals surface area contributed by atoms with Gasteiger partial charge in [0.15, 0.2) is 0 Å². The maximum absolute atomic E-state index is 11.3. The fourth-order valence-electron chi connectivity index (χ4n) is 2.02. The molecule has 0 saturated heterocycles. The maximum atomic E-state index is 11.3. The molecule has 0 radical (unpaired) electrons. The summed E-state index contributed by atoms with van der Waals surface area (Å²) in [5.41, 5.74) is 2.36. The molecule has 18 heavy (non-hydrogen) atoms. The molecule has 0 fully saturated rings. The van der Waals surface area contributed by atoms with E-state index in [0.717, 1.165) is 5.56 Å². The molecule has 0 aromatic heterocycles. The fourth-order valence-corrected chi connectivity index (χ4v) is 2.61. The molecule has 0 bridgehead atoms. The Hall–Kier alpha value is -0.950. The van der Waals surface area contributed by atoms with Gasteiger partial charge in [0.1, 0.15) is 0 Å². The molecule has 0 aliphatic carbocycles. The Morgan fingerprint density at radius 2 is 2.17 bits per heavy atom. The van der Waals surface area contributed by atoms with Crippen LogP contribution >= 0.6 is 0 Å². The first-order valence-electron chi connectivity index (χ1n) is 5.92.